The van der Waals surface area contributed by atoms with Crippen molar-refractivity contribution in [3.63, 3.8) is 0 Å². The molecule has 0 aromatic heterocycles. The fraction of sp³-hybridized carbons (Fsp3) is 0.385. The molecular weight excluding hydrogens is 264 g/mol. The molecule has 0 bridgehead atoms. The summed E-state index contributed by atoms with van der Waals surface area (Å²) in [4.78, 5) is 25.8. The summed E-state index contributed by atoms with van der Waals surface area (Å²) in [6.07, 6.45) is -0.545. The summed E-state index contributed by atoms with van der Waals surface area (Å²) in [7, 11) is 1.54. The summed E-state index contributed by atoms with van der Waals surface area (Å²) in [6.45, 7) is 1.72. The first-order valence-corrected chi connectivity index (χ1v) is 6.97. The van der Waals surface area contributed by atoms with Gasteiger partial charge in [0.15, 0.2) is 0 Å². The van der Waals surface area contributed by atoms with Crippen molar-refractivity contribution in [3.05, 3.63) is 23.8 Å². The van der Waals surface area contributed by atoms with Crippen molar-refractivity contribution in [2.75, 3.05) is 24.2 Å². The number of carbonyl (C=O) groups excluding carboxylic acids is 2. The predicted octanol–water partition coefficient (Wildman–Crippen LogP) is 0.925. The molecule has 1 aliphatic heterocycles. The SMILES string of the molecule is CNC(=O)CN1C(=O)CSc2cc(C(C)O)ccc21. The lowest BCUT2D eigenvalue weighted by Gasteiger charge is -2.28. The van der Waals surface area contributed by atoms with Gasteiger partial charge >= 0.3 is 0 Å². The van der Waals surface area contributed by atoms with Crippen molar-refractivity contribution < 1.29 is 14.7 Å². The van der Waals surface area contributed by atoms with E-state index in [4.69, 9.17) is 0 Å². The maximum atomic E-state index is 11.9. The van der Waals surface area contributed by atoms with Crippen LogP contribution in [0.5, 0.6) is 0 Å². The number of anilines is 1. The maximum Gasteiger partial charge on any atom is 0.239 e. The summed E-state index contributed by atoms with van der Waals surface area (Å²) >= 11 is 1.43. The number of aliphatic hydroxyl groups is 1. The number of nitrogens with zero attached hydrogens (tertiary/aromatic N) is 1. The molecule has 2 N–H and O–H groups in total. The molecule has 1 atom stereocenters. The molecule has 1 aliphatic rings. The summed E-state index contributed by atoms with van der Waals surface area (Å²) in [5.74, 6) is 0.0319. The molecule has 0 spiro atoms. The lowest BCUT2D eigenvalue weighted by atomic mass is 10.1. The van der Waals surface area contributed by atoms with E-state index in [1.807, 2.05) is 6.07 Å². The van der Waals surface area contributed by atoms with Gasteiger partial charge in [0.2, 0.25) is 11.8 Å². The number of likely N-dealkylation sites (N-methyl/N-ethyl adjacent to an activating group) is 1. The summed E-state index contributed by atoms with van der Waals surface area (Å²) in [5, 5.41) is 12.1. The number of carbonyl (C=O) groups is 2. The molecule has 1 aromatic rings. The van der Waals surface area contributed by atoms with E-state index >= 15 is 0 Å². The van der Waals surface area contributed by atoms with Crippen LogP contribution in [-0.4, -0.2) is 36.3 Å². The van der Waals surface area contributed by atoms with E-state index < -0.39 is 6.10 Å². The first kappa shape index (κ1) is 13.9. The Bertz CT molecular complexity index is 517. The van der Waals surface area contributed by atoms with Crippen molar-refractivity contribution >= 4 is 29.3 Å². The van der Waals surface area contributed by atoms with Gasteiger partial charge in [-0.2, -0.15) is 0 Å². The largest absolute Gasteiger partial charge is 0.389 e. The Kier molecular flexibility index (Phi) is 4.11. The standard InChI is InChI=1S/C13H16N2O3S/c1-8(16)9-3-4-10-11(5-9)19-7-13(18)15(10)6-12(17)14-2/h3-5,8,16H,6-7H2,1-2H3,(H,14,17). The summed E-state index contributed by atoms with van der Waals surface area (Å²) < 4.78 is 0. The molecule has 0 aliphatic carbocycles. The second-order valence-electron chi connectivity index (χ2n) is 4.34. The van der Waals surface area contributed by atoms with Gasteiger partial charge in [0.25, 0.3) is 0 Å². The molecule has 0 fully saturated rings. The molecule has 1 heterocycles. The van der Waals surface area contributed by atoms with Gasteiger partial charge in [0.1, 0.15) is 6.54 Å². The van der Waals surface area contributed by atoms with Crippen LogP contribution in [0.1, 0.15) is 18.6 Å². The number of benzene rings is 1. The number of nitrogens with one attached hydrogen (secondary N) is 1. The zero-order valence-corrected chi connectivity index (χ0v) is 11.7. The van der Waals surface area contributed by atoms with Crippen molar-refractivity contribution in [2.45, 2.75) is 17.9 Å². The number of hydrogen-bond donors (Lipinski definition) is 2. The highest BCUT2D eigenvalue weighted by atomic mass is 32.2. The Morgan fingerprint density at radius 1 is 1.58 bits per heavy atom. The topological polar surface area (TPSA) is 69.6 Å². The lowest BCUT2D eigenvalue weighted by Crippen LogP contribution is -2.42. The highest BCUT2D eigenvalue weighted by Gasteiger charge is 2.26. The van der Waals surface area contributed by atoms with Gasteiger partial charge in [0.05, 0.1) is 17.5 Å². The summed E-state index contributed by atoms with van der Waals surface area (Å²) in [6, 6.07) is 5.43. The lowest BCUT2D eigenvalue weighted by molar-refractivity contribution is -0.122. The van der Waals surface area contributed by atoms with Crippen LogP contribution >= 0.6 is 11.8 Å². The Balaban J connectivity index is 2.33. The van der Waals surface area contributed by atoms with E-state index in [1.54, 1.807) is 26.1 Å². The quantitative estimate of drug-likeness (QED) is 0.864. The smallest absolute Gasteiger partial charge is 0.239 e. The summed E-state index contributed by atoms with van der Waals surface area (Å²) in [5.41, 5.74) is 1.54. The molecule has 2 rings (SSSR count). The number of fused-ring (bicyclic) bond motifs is 1. The minimum Gasteiger partial charge on any atom is -0.389 e. The number of aliphatic hydroxyl groups excluding tert-OH is 1. The maximum absolute atomic E-state index is 11.9. The van der Waals surface area contributed by atoms with E-state index in [9.17, 15) is 14.7 Å². The molecule has 1 aromatic carbocycles. The van der Waals surface area contributed by atoms with Crippen molar-refractivity contribution in [2.24, 2.45) is 0 Å². The molecule has 5 nitrogen and oxygen atoms in total. The van der Waals surface area contributed by atoms with Gasteiger partial charge in [-0.1, -0.05) is 6.07 Å². The number of hydrogen-bond acceptors (Lipinski definition) is 4. The van der Waals surface area contributed by atoms with Gasteiger partial charge in [-0.3, -0.25) is 9.59 Å². The van der Waals surface area contributed by atoms with Gasteiger partial charge in [0, 0.05) is 11.9 Å². The zero-order valence-electron chi connectivity index (χ0n) is 10.8. The van der Waals surface area contributed by atoms with Crippen LogP contribution in [0.2, 0.25) is 0 Å². The molecule has 2 amide bonds. The van der Waals surface area contributed by atoms with Crippen LogP contribution in [0.4, 0.5) is 5.69 Å². The third kappa shape index (κ3) is 2.90. The molecule has 102 valence electrons. The average Bonchev–Trinajstić information content (AvgIpc) is 2.41. The molecule has 0 saturated heterocycles. The van der Waals surface area contributed by atoms with E-state index in [0.29, 0.717) is 5.75 Å². The minimum absolute atomic E-state index is 0.0247. The van der Waals surface area contributed by atoms with Crippen LogP contribution in [0.15, 0.2) is 23.1 Å². The number of thioether (sulfide) groups is 1. The minimum atomic E-state index is -0.545. The molecule has 6 heteroatoms. The molecule has 0 radical (unpaired) electrons. The van der Waals surface area contributed by atoms with E-state index in [-0.39, 0.29) is 18.4 Å². The van der Waals surface area contributed by atoms with E-state index in [2.05, 4.69) is 5.32 Å². The van der Waals surface area contributed by atoms with Crippen LogP contribution in [0, 0.1) is 0 Å². The highest BCUT2D eigenvalue weighted by Crippen LogP contribution is 2.36. The predicted molar refractivity (Wildman–Crippen MR) is 74.2 cm³/mol. The molecular formula is C13H16N2O3S. The molecule has 1 unspecified atom stereocenters. The Labute approximate surface area is 116 Å². The monoisotopic (exact) mass is 280 g/mol. The number of rotatable bonds is 3. The Hall–Kier alpha value is -1.53. The first-order valence-electron chi connectivity index (χ1n) is 5.98. The first-order chi connectivity index (χ1) is 9.02. The van der Waals surface area contributed by atoms with Crippen molar-refractivity contribution in [1.82, 2.24) is 5.32 Å². The van der Waals surface area contributed by atoms with Crippen LogP contribution in [0.25, 0.3) is 0 Å². The van der Waals surface area contributed by atoms with Crippen LogP contribution < -0.4 is 10.2 Å². The van der Waals surface area contributed by atoms with Gasteiger partial charge in [-0.15, -0.1) is 11.8 Å². The van der Waals surface area contributed by atoms with Crippen LogP contribution in [0.3, 0.4) is 0 Å². The van der Waals surface area contributed by atoms with Gasteiger partial charge in [-0.05, 0) is 24.6 Å². The zero-order chi connectivity index (χ0) is 14.0. The second kappa shape index (κ2) is 5.63. The van der Waals surface area contributed by atoms with Gasteiger partial charge < -0.3 is 15.3 Å². The third-order valence-corrected chi connectivity index (χ3v) is 4.02. The Morgan fingerprint density at radius 3 is 2.95 bits per heavy atom. The highest BCUT2D eigenvalue weighted by molar-refractivity contribution is 8.00. The van der Waals surface area contributed by atoms with Gasteiger partial charge in [-0.25, -0.2) is 0 Å². The third-order valence-electron chi connectivity index (χ3n) is 2.99. The average molecular weight is 280 g/mol. The fourth-order valence-electron chi connectivity index (χ4n) is 1.88. The van der Waals surface area contributed by atoms with E-state index in [0.717, 1.165) is 16.1 Å². The second-order valence-corrected chi connectivity index (χ2v) is 5.36. The molecule has 19 heavy (non-hydrogen) atoms. The van der Waals surface area contributed by atoms with E-state index in [1.165, 1.54) is 16.7 Å². The number of amides is 2. The normalized spacial score (nSPS) is 15.9. The molecule has 0 saturated carbocycles. The van der Waals surface area contributed by atoms with Crippen molar-refractivity contribution in [3.8, 4) is 0 Å². The fourth-order valence-corrected chi connectivity index (χ4v) is 2.86. The van der Waals surface area contributed by atoms with Crippen molar-refractivity contribution in [1.29, 1.82) is 0 Å². The Morgan fingerprint density at radius 2 is 2.32 bits per heavy atom. The van der Waals surface area contributed by atoms with Crippen LogP contribution in [-0.2, 0) is 9.59 Å².